The molecule has 0 aromatic carbocycles. The lowest BCUT2D eigenvalue weighted by molar-refractivity contribution is 0.232. The van der Waals surface area contributed by atoms with Crippen molar-refractivity contribution in [2.45, 2.75) is 32.9 Å². The van der Waals surface area contributed by atoms with E-state index < -0.39 is 0 Å². The minimum absolute atomic E-state index is 0.199. The highest BCUT2D eigenvalue weighted by Gasteiger charge is 2.17. The summed E-state index contributed by atoms with van der Waals surface area (Å²) in [6.07, 6.45) is 1.60. The van der Waals surface area contributed by atoms with E-state index in [2.05, 4.69) is 20.8 Å². The van der Waals surface area contributed by atoms with Gasteiger partial charge in [0.15, 0.2) is 5.82 Å². The summed E-state index contributed by atoms with van der Waals surface area (Å²) in [5.74, 6) is 2.24. The molecular formula is C13H19N5O2. The van der Waals surface area contributed by atoms with Crippen molar-refractivity contribution in [1.29, 1.82) is 0 Å². The van der Waals surface area contributed by atoms with Crippen LogP contribution >= 0.6 is 0 Å². The molecule has 108 valence electrons. The second-order valence-electron chi connectivity index (χ2n) is 4.81. The van der Waals surface area contributed by atoms with Crippen molar-refractivity contribution in [1.82, 2.24) is 25.4 Å². The van der Waals surface area contributed by atoms with Crippen LogP contribution in [-0.4, -0.2) is 20.8 Å². The number of nitrogens with one attached hydrogen (secondary N) is 2. The Morgan fingerprint density at radius 1 is 1.30 bits per heavy atom. The summed E-state index contributed by atoms with van der Waals surface area (Å²) in [5, 5.41) is 13.4. The van der Waals surface area contributed by atoms with Crippen LogP contribution in [-0.2, 0) is 7.05 Å². The van der Waals surface area contributed by atoms with Crippen LogP contribution in [0, 0.1) is 6.92 Å². The minimum Gasteiger partial charge on any atom is -0.464 e. The molecule has 20 heavy (non-hydrogen) atoms. The largest absolute Gasteiger partial charge is 0.464 e. The predicted octanol–water partition coefficient (Wildman–Crippen LogP) is 1.84. The number of hydrogen-bond donors (Lipinski definition) is 2. The third-order valence-electron chi connectivity index (χ3n) is 3.02. The van der Waals surface area contributed by atoms with Crippen molar-refractivity contribution >= 4 is 6.03 Å². The standard InChI is InChI=1S/C13H19N5O2/c1-8-5-6-11(20-8)9(2)15-13(19)16-10(3)12-17-14-7-18(12)4/h5-7,9-10H,1-4H3,(H2,15,16,19). The van der Waals surface area contributed by atoms with Crippen molar-refractivity contribution < 1.29 is 9.21 Å². The molecular weight excluding hydrogens is 258 g/mol. The third-order valence-corrected chi connectivity index (χ3v) is 3.02. The van der Waals surface area contributed by atoms with Crippen LogP contribution in [0.15, 0.2) is 22.9 Å². The smallest absolute Gasteiger partial charge is 0.315 e. The summed E-state index contributed by atoms with van der Waals surface area (Å²) in [6, 6.07) is 3.02. The highest BCUT2D eigenvalue weighted by molar-refractivity contribution is 5.74. The number of carbonyl (C=O) groups excluding carboxylic acids is 1. The number of aromatic nitrogens is 3. The fourth-order valence-corrected chi connectivity index (χ4v) is 1.94. The zero-order valence-corrected chi connectivity index (χ0v) is 12.0. The third kappa shape index (κ3) is 3.17. The molecule has 0 radical (unpaired) electrons. The van der Waals surface area contributed by atoms with Crippen LogP contribution in [0.5, 0.6) is 0 Å². The van der Waals surface area contributed by atoms with E-state index >= 15 is 0 Å². The van der Waals surface area contributed by atoms with E-state index in [4.69, 9.17) is 4.42 Å². The van der Waals surface area contributed by atoms with E-state index in [0.29, 0.717) is 5.82 Å². The first-order chi connectivity index (χ1) is 9.47. The van der Waals surface area contributed by atoms with Gasteiger partial charge in [-0.15, -0.1) is 10.2 Å². The zero-order chi connectivity index (χ0) is 14.7. The minimum atomic E-state index is -0.276. The maximum absolute atomic E-state index is 11.9. The van der Waals surface area contributed by atoms with Crippen LogP contribution in [0.3, 0.4) is 0 Å². The van der Waals surface area contributed by atoms with Gasteiger partial charge in [0.2, 0.25) is 0 Å². The van der Waals surface area contributed by atoms with Crippen molar-refractivity contribution in [3.8, 4) is 0 Å². The first-order valence-corrected chi connectivity index (χ1v) is 6.44. The van der Waals surface area contributed by atoms with Gasteiger partial charge in [0, 0.05) is 7.05 Å². The Morgan fingerprint density at radius 2 is 2.00 bits per heavy atom. The number of aryl methyl sites for hydroxylation is 2. The Hall–Kier alpha value is -2.31. The molecule has 0 spiro atoms. The average molecular weight is 277 g/mol. The maximum Gasteiger partial charge on any atom is 0.315 e. The molecule has 7 nitrogen and oxygen atoms in total. The molecule has 7 heteroatoms. The summed E-state index contributed by atoms with van der Waals surface area (Å²) >= 11 is 0. The van der Waals surface area contributed by atoms with Gasteiger partial charge in [0.25, 0.3) is 0 Å². The van der Waals surface area contributed by atoms with Gasteiger partial charge in [-0.2, -0.15) is 0 Å². The van der Waals surface area contributed by atoms with E-state index in [0.717, 1.165) is 11.5 Å². The van der Waals surface area contributed by atoms with Crippen molar-refractivity contribution in [2.75, 3.05) is 0 Å². The molecule has 0 aliphatic heterocycles. The predicted molar refractivity (Wildman–Crippen MR) is 72.9 cm³/mol. The second kappa shape index (κ2) is 5.77. The van der Waals surface area contributed by atoms with E-state index in [1.165, 1.54) is 0 Å². The van der Waals surface area contributed by atoms with E-state index in [-0.39, 0.29) is 18.1 Å². The average Bonchev–Trinajstić information content (AvgIpc) is 2.97. The molecule has 2 atom stereocenters. The Balaban J connectivity index is 1.91. The molecule has 2 amide bonds. The van der Waals surface area contributed by atoms with E-state index in [1.54, 1.807) is 10.9 Å². The SMILES string of the molecule is Cc1ccc(C(C)NC(=O)NC(C)c2nncn2C)o1. The normalized spacial score (nSPS) is 13.8. The first kappa shape index (κ1) is 14.1. The molecule has 0 fully saturated rings. The number of nitrogens with zero attached hydrogens (tertiary/aromatic N) is 3. The fraction of sp³-hybridized carbons (Fsp3) is 0.462. The molecule has 2 aromatic heterocycles. The monoisotopic (exact) mass is 277 g/mol. The molecule has 2 unspecified atom stereocenters. The molecule has 0 saturated carbocycles. The molecule has 0 bridgehead atoms. The highest BCUT2D eigenvalue weighted by Crippen LogP contribution is 2.15. The quantitative estimate of drug-likeness (QED) is 0.893. The topological polar surface area (TPSA) is 85.0 Å². The van der Waals surface area contributed by atoms with Crippen molar-refractivity contribution in [3.63, 3.8) is 0 Å². The number of amides is 2. The second-order valence-corrected chi connectivity index (χ2v) is 4.81. The van der Waals surface area contributed by atoms with Gasteiger partial charge in [0.1, 0.15) is 17.8 Å². The van der Waals surface area contributed by atoms with Crippen molar-refractivity contribution in [2.24, 2.45) is 7.05 Å². The number of furan rings is 1. The first-order valence-electron chi connectivity index (χ1n) is 6.44. The van der Waals surface area contributed by atoms with Crippen LogP contribution < -0.4 is 10.6 Å². The van der Waals surface area contributed by atoms with Crippen molar-refractivity contribution in [3.05, 3.63) is 35.8 Å². The van der Waals surface area contributed by atoms with E-state index in [9.17, 15) is 4.79 Å². The lowest BCUT2D eigenvalue weighted by Crippen LogP contribution is -2.39. The Labute approximate surface area is 117 Å². The summed E-state index contributed by atoms with van der Waals surface area (Å²) in [5.41, 5.74) is 0. The Bertz CT molecular complexity index is 589. The molecule has 0 aliphatic carbocycles. The molecule has 2 N–H and O–H groups in total. The maximum atomic E-state index is 11.9. The van der Waals surface area contributed by atoms with Gasteiger partial charge in [-0.1, -0.05) is 0 Å². The molecule has 2 aromatic rings. The number of rotatable bonds is 4. The van der Waals surface area contributed by atoms with Crippen LogP contribution in [0.1, 0.15) is 43.3 Å². The molecule has 0 aliphatic rings. The van der Waals surface area contributed by atoms with Crippen LogP contribution in [0.4, 0.5) is 4.79 Å². The lowest BCUT2D eigenvalue weighted by atomic mass is 10.2. The van der Waals surface area contributed by atoms with E-state index in [1.807, 2.05) is 40.0 Å². The Kier molecular flexibility index (Phi) is 4.07. The molecule has 0 saturated heterocycles. The molecule has 2 rings (SSSR count). The number of hydrogen-bond acceptors (Lipinski definition) is 4. The van der Waals surface area contributed by atoms with Gasteiger partial charge in [-0.3, -0.25) is 0 Å². The van der Waals surface area contributed by atoms with Crippen LogP contribution in [0.2, 0.25) is 0 Å². The lowest BCUT2D eigenvalue weighted by Gasteiger charge is -2.16. The fourth-order valence-electron chi connectivity index (χ4n) is 1.94. The summed E-state index contributed by atoms with van der Waals surface area (Å²) in [4.78, 5) is 11.9. The summed E-state index contributed by atoms with van der Waals surface area (Å²) in [7, 11) is 1.83. The Morgan fingerprint density at radius 3 is 2.55 bits per heavy atom. The zero-order valence-electron chi connectivity index (χ0n) is 12.0. The highest BCUT2D eigenvalue weighted by atomic mass is 16.3. The number of carbonyl (C=O) groups is 1. The number of urea groups is 1. The van der Waals surface area contributed by atoms with Crippen LogP contribution in [0.25, 0.3) is 0 Å². The van der Waals surface area contributed by atoms with Gasteiger partial charge in [-0.05, 0) is 32.9 Å². The summed E-state index contributed by atoms with van der Waals surface area (Å²) < 4.78 is 7.24. The van der Waals surface area contributed by atoms with Gasteiger partial charge in [-0.25, -0.2) is 4.79 Å². The van der Waals surface area contributed by atoms with Gasteiger partial charge >= 0.3 is 6.03 Å². The summed E-state index contributed by atoms with van der Waals surface area (Å²) in [6.45, 7) is 5.59. The molecule has 2 heterocycles. The van der Waals surface area contributed by atoms with Gasteiger partial charge in [0.05, 0.1) is 12.1 Å². The van der Waals surface area contributed by atoms with Gasteiger partial charge < -0.3 is 19.6 Å².